The van der Waals surface area contributed by atoms with E-state index in [9.17, 15) is 14.7 Å². The Kier molecular flexibility index (Phi) is 8.91. The van der Waals surface area contributed by atoms with Crippen LogP contribution in [0.4, 0.5) is 5.69 Å². The zero-order valence-corrected chi connectivity index (χ0v) is 22.0. The van der Waals surface area contributed by atoms with Crippen molar-refractivity contribution in [1.82, 2.24) is 0 Å². The van der Waals surface area contributed by atoms with Crippen molar-refractivity contribution < 1.29 is 28.9 Å². The van der Waals surface area contributed by atoms with Crippen LogP contribution >= 0.6 is 0 Å². The molecule has 1 heterocycles. The summed E-state index contributed by atoms with van der Waals surface area (Å²) < 4.78 is 17.9. The van der Waals surface area contributed by atoms with Crippen molar-refractivity contribution >= 4 is 17.4 Å². The SMILES string of the molecule is O=C(c1ccccc1)c1ccccc1N[C@@H](Cc1ccc(OCC2COC(C3CCCCC3)O2)cc1)C(=O)O. The third kappa shape index (κ3) is 7.05. The largest absolute Gasteiger partial charge is 0.491 e. The van der Waals surface area contributed by atoms with Crippen LogP contribution in [0.3, 0.4) is 0 Å². The fourth-order valence-corrected chi connectivity index (χ4v) is 5.30. The van der Waals surface area contributed by atoms with E-state index in [-0.39, 0.29) is 24.6 Å². The topological polar surface area (TPSA) is 94.1 Å². The predicted molar refractivity (Wildman–Crippen MR) is 148 cm³/mol. The van der Waals surface area contributed by atoms with Gasteiger partial charge >= 0.3 is 5.97 Å². The average molecular weight is 530 g/mol. The van der Waals surface area contributed by atoms with Crippen LogP contribution in [-0.4, -0.2) is 48.5 Å². The lowest BCUT2D eigenvalue weighted by Gasteiger charge is -2.26. The summed E-state index contributed by atoms with van der Waals surface area (Å²) in [6.07, 6.45) is 6.17. The van der Waals surface area contributed by atoms with Crippen LogP contribution in [0.5, 0.6) is 5.75 Å². The summed E-state index contributed by atoms with van der Waals surface area (Å²) >= 11 is 0. The molecule has 1 saturated heterocycles. The van der Waals surface area contributed by atoms with E-state index in [1.54, 1.807) is 48.5 Å². The zero-order chi connectivity index (χ0) is 27.0. The molecule has 3 atom stereocenters. The quantitative estimate of drug-likeness (QED) is 0.307. The van der Waals surface area contributed by atoms with E-state index in [1.807, 2.05) is 30.3 Å². The van der Waals surface area contributed by atoms with Gasteiger partial charge in [-0.15, -0.1) is 0 Å². The van der Waals surface area contributed by atoms with Crippen molar-refractivity contribution in [2.45, 2.75) is 57.0 Å². The van der Waals surface area contributed by atoms with E-state index in [1.165, 1.54) is 32.1 Å². The van der Waals surface area contributed by atoms with Crippen LogP contribution < -0.4 is 10.1 Å². The number of rotatable bonds is 11. The Labute approximate surface area is 229 Å². The van der Waals surface area contributed by atoms with Crippen molar-refractivity contribution in [3.05, 3.63) is 95.6 Å². The molecule has 2 fully saturated rings. The molecule has 0 spiro atoms. The summed E-state index contributed by atoms with van der Waals surface area (Å²) in [5.74, 6) is 0.0265. The number of para-hydroxylation sites is 1. The molecule has 0 radical (unpaired) electrons. The molecule has 2 aliphatic rings. The second kappa shape index (κ2) is 12.9. The first kappa shape index (κ1) is 26.9. The molecule has 0 amide bonds. The molecule has 39 heavy (non-hydrogen) atoms. The number of carboxylic acid groups (broad SMARTS) is 1. The molecular formula is C32H35NO6. The molecule has 3 aromatic carbocycles. The molecule has 2 unspecified atom stereocenters. The molecule has 0 aromatic heterocycles. The first-order valence-corrected chi connectivity index (χ1v) is 13.7. The maximum atomic E-state index is 13.1. The molecule has 2 N–H and O–H groups in total. The highest BCUT2D eigenvalue weighted by atomic mass is 16.7. The molecule has 3 aromatic rings. The van der Waals surface area contributed by atoms with Gasteiger partial charge in [0.05, 0.1) is 6.61 Å². The van der Waals surface area contributed by atoms with Gasteiger partial charge in [-0.1, -0.05) is 73.9 Å². The molecule has 1 aliphatic heterocycles. The highest BCUT2D eigenvalue weighted by molar-refractivity contribution is 6.12. The van der Waals surface area contributed by atoms with Crippen LogP contribution in [0.15, 0.2) is 78.9 Å². The summed E-state index contributed by atoms with van der Waals surface area (Å²) in [4.78, 5) is 25.2. The highest BCUT2D eigenvalue weighted by Gasteiger charge is 2.33. The van der Waals surface area contributed by atoms with Crippen molar-refractivity contribution in [2.75, 3.05) is 18.5 Å². The minimum Gasteiger partial charge on any atom is -0.491 e. The monoisotopic (exact) mass is 529 g/mol. The second-order valence-corrected chi connectivity index (χ2v) is 10.3. The van der Waals surface area contributed by atoms with Gasteiger partial charge in [0, 0.05) is 29.2 Å². The van der Waals surface area contributed by atoms with Crippen LogP contribution in [0.1, 0.15) is 53.6 Å². The molecule has 204 valence electrons. The fourth-order valence-electron chi connectivity index (χ4n) is 5.30. The maximum absolute atomic E-state index is 13.1. The van der Waals surface area contributed by atoms with Gasteiger partial charge in [0.15, 0.2) is 12.1 Å². The first-order chi connectivity index (χ1) is 19.1. The van der Waals surface area contributed by atoms with Crippen LogP contribution in [0, 0.1) is 5.92 Å². The lowest BCUT2D eigenvalue weighted by molar-refractivity contribution is -0.137. The van der Waals surface area contributed by atoms with Crippen LogP contribution in [-0.2, 0) is 20.7 Å². The summed E-state index contributed by atoms with van der Waals surface area (Å²) in [6.45, 7) is 0.952. The van der Waals surface area contributed by atoms with E-state index >= 15 is 0 Å². The number of carboxylic acids is 1. The van der Waals surface area contributed by atoms with Gasteiger partial charge in [-0.2, -0.15) is 0 Å². The number of hydrogen-bond donors (Lipinski definition) is 2. The number of ketones is 1. The Bertz CT molecular complexity index is 1240. The van der Waals surface area contributed by atoms with Gasteiger partial charge in [-0.05, 0) is 42.7 Å². The molecule has 7 nitrogen and oxygen atoms in total. The van der Waals surface area contributed by atoms with Gasteiger partial charge in [0.25, 0.3) is 0 Å². The third-order valence-corrected chi connectivity index (χ3v) is 7.44. The van der Waals surface area contributed by atoms with Crippen LogP contribution in [0.25, 0.3) is 0 Å². The number of carbonyl (C=O) groups is 2. The fraction of sp³-hybridized carbons (Fsp3) is 0.375. The highest BCUT2D eigenvalue weighted by Crippen LogP contribution is 2.32. The predicted octanol–water partition coefficient (Wildman–Crippen LogP) is 5.73. The van der Waals surface area contributed by atoms with Gasteiger partial charge in [-0.25, -0.2) is 4.79 Å². The zero-order valence-electron chi connectivity index (χ0n) is 22.0. The number of carbonyl (C=O) groups excluding carboxylic acids is 1. The molecule has 1 aliphatic carbocycles. The summed E-state index contributed by atoms with van der Waals surface area (Å²) in [7, 11) is 0. The Hall–Kier alpha value is -3.68. The smallest absolute Gasteiger partial charge is 0.326 e. The average Bonchev–Trinajstić information content (AvgIpc) is 3.46. The third-order valence-electron chi connectivity index (χ3n) is 7.44. The Morgan fingerprint density at radius 1 is 0.923 bits per heavy atom. The number of hydrogen-bond acceptors (Lipinski definition) is 6. The number of benzene rings is 3. The van der Waals surface area contributed by atoms with Gasteiger partial charge in [0.1, 0.15) is 24.5 Å². The Morgan fingerprint density at radius 2 is 1.64 bits per heavy atom. The Morgan fingerprint density at radius 3 is 2.38 bits per heavy atom. The van der Waals surface area contributed by atoms with Gasteiger partial charge in [-0.3, -0.25) is 4.79 Å². The van der Waals surface area contributed by atoms with E-state index in [0.29, 0.717) is 41.7 Å². The van der Waals surface area contributed by atoms with E-state index in [0.717, 1.165) is 5.56 Å². The number of anilines is 1. The number of aliphatic carboxylic acids is 1. The normalized spacial score (nSPS) is 20.3. The molecule has 1 saturated carbocycles. The van der Waals surface area contributed by atoms with Gasteiger partial charge in [0.2, 0.25) is 0 Å². The molecule has 7 heteroatoms. The standard InChI is InChI=1S/C32H35NO6/c34-30(23-9-3-1-4-10-23)27-13-7-8-14-28(27)33-29(31(35)36)19-22-15-17-25(18-16-22)37-20-26-21-38-32(39-26)24-11-5-2-6-12-24/h1,3-4,7-10,13-18,24,26,29,32-33H,2,5-6,11-12,19-21H2,(H,35,36)/t26?,29-,32?/m0/s1. The van der Waals surface area contributed by atoms with Crippen molar-refractivity contribution in [3.63, 3.8) is 0 Å². The minimum atomic E-state index is -0.997. The first-order valence-electron chi connectivity index (χ1n) is 13.7. The van der Waals surface area contributed by atoms with E-state index in [2.05, 4.69) is 5.32 Å². The van der Waals surface area contributed by atoms with Crippen molar-refractivity contribution in [3.8, 4) is 5.75 Å². The molecule has 0 bridgehead atoms. The lowest BCUT2D eigenvalue weighted by atomic mass is 9.89. The second-order valence-electron chi connectivity index (χ2n) is 10.3. The number of ether oxygens (including phenoxy) is 3. The molecular weight excluding hydrogens is 494 g/mol. The van der Waals surface area contributed by atoms with E-state index in [4.69, 9.17) is 14.2 Å². The maximum Gasteiger partial charge on any atom is 0.326 e. The molecule has 5 rings (SSSR count). The van der Waals surface area contributed by atoms with Crippen LogP contribution in [0.2, 0.25) is 0 Å². The van der Waals surface area contributed by atoms with Crippen molar-refractivity contribution in [1.29, 1.82) is 0 Å². The minimum absolute atomic E-state index is 0.0872. The van der Waals surface area contributed by atoms with Gasteiger partial charge < -0.3 is 24.6 Å². The Balaban J connectivity index is 1.16. The summed E-state index contributed by atoms with van der Waals surface area (Å²) in [5, 5.41) is 13.0. The lowest BCUT2D eigenvalue weighted by Crippen LogP contribution is -2.32. The number of nitrogens with one attached hydrogen (secondary N) is 1. The van der Waals surface area contributed by atoms with E-state index < -0.39 is 12.0 Å². The summed E-state index contributed by atoms with van der Waals surface area (Å²) in [5.41, 5.74) is 2.31. The summed E-state index contributed by atoms with van der Waals surface area (Å²) in [6, 6.07) is 22.5. The van der Waals surface area contributed by atoms with Crippen molar-refractivity contribution in [2.24, 2.45) is 5.92 Å².